The summed E-state index contributed by atoms with van der Waals surface area (Å²) >= 11 is 0. The zero-order valence-corrected chi connectivity index (χ0v) is 15.1. The van der Waals surface area contributed by atoms with E-state index in [1.807, 2.05) is 6.07 Å². The van der Waals surface area contributed by atoms with Gasteiger partial charge in [-0.1, -0.05) is 24.3 Å². The van der Waals surface area contributed by atoms with Crippen molar-refractivity contribution in [1.29, 1.82) is 0 Å². The zero-order chi connectivity index (χ0) is 19.9. The van der Waals surface area contributed by atoms with Gasteiger partial charge in [0.15, 0.2) is 6.10 Å². The number of halogens is 1. The Balaban J connectivity index is 1.63. The second kappa shape index (κ2) is 8.85. The molecule has 0 aliphatic heterocycles. The van der Waals surface area contributed by atoms with Crippen molar-refractivity contribution in [3.8, 4) is 0 Å². The molecule has 0 bridgehead atoms. The lowest BCUT2D eigenvalue weighted by Crippen LogP contribution is -2.30. The minimum Gasteiger partial charge on any atom is -0.467 e. The van der Waals surface area contributed by atoms with E-state index in [0.29, 0.717) is 18.0 Å². The minimum atomic E-state index is -1.11. The molecule has 3 rings (SSSR count). The van der Waals surface area contributed by atoms with E-state index in [1.165, 1.54) is 25.1 Å². The van der Waals surface area contributed by atoms with Gasteiger partial charge < -0.3 is 19.8 Å². The third-order valence-electron chi connectivity index (χ3n) is 3.96. The summed E-state index contributed by atoms with van der Waals surface area (Å²) in [5, 5.41) is 5.51. The van der Waals surface area contributed by atoms with Gasteiger partial charge in [0, 0.05) is 5.69 Å². The highest BCUT2D eigenvalue weighted by Crippen LogP contribution is 2.19. The quantitative estimate of drug-likeness (QED) is 0.598. The summed E-state index contributed by atoms with van der Waals surface area (Å²) in [5.74, 6) is -1.15. The van der Waals surface area contributed by atoms with Crippen molar-refractivity contribution in [2.45, 2.75) is 19.6 Å². The van der Waals surface area contributed by atoms with E-state index in [-0.39, 0.29) is 11.3 Å². The molecule has 0 fully saturated rings. The zero-order valence-electron chi connectivity index (χ0n) is 15.1. The van der Waals surface area contributed by atoms with Gasteiger partial charge in [-0.2, -0.15) is 0 Å². The van der Waals surface area contributed by atoms with Gasteiger partial charge in [0.1, 0.15) is 11.6 Å². The van der Waals surface area contributed by atoms with Crippen LogP contribution >= 0.6 is 0 Å². The van der Waals surface area contributed by atoms with Gasteiger partial charge in [0.2, 0.25) is 0 Å². The summed E-state index contributed by atoms with van der Waals surface area (Å²) in [6.07, 6.45) is 0.456. The number of anilines is 2. The van der Waals surface area contributed by atoms with E-state index in [0.717, 1.165) is 0 Å². The number of nitrogens with one attached hydrogen (secondary N) is 2. The largest absolute Gasteiger partial charge is 0.467 e. The molecule has 0 aliphatic carbocycles. The standard InChI is InChI=1S/C21H19FN2O4/c1-14(20(25)24-19-11-5-3-9-17(19)22)28-21(26)16-8-2-4-10-18(16)23-13-15-7-6-12-27-15/h2-12,14,23H,13H2,1H3,(H,24,25)/t14-/m1/s1. The summed E-state index contributed by atoms with van der Waals surface area (Å²) in [7, 11) is 0. The molecule has 28 heavy (non-hydrogen) atoms. The number of furan rings is 1. The van der Waals surface area contributed by atoms with Crippen LogP contribution in [0.25, 0.3) is 0 Å². The Kier molecular flexibility index (Phi) is 6.06. The number of rotatable bonds is 7. The molecule has 2 aromatic carbocycles. The van der Waals surface area contributed by atoms with Crippen LogP contribution in [0.3, 0.4) is 0 Å². The highest BCUT2D eigenvalue weighted by Gasteiger charge is 2.21. The van der Waals surface area contributed by atoms with Gasteiger partial charge in [0.05, 0.1) is 24.1 Å². The fraction of sp³-hybridized carbons (Fsp3) is 0.143. The molecule has 0 saturated heterocycles. The molecule has 7 heteroatoms. The first-order valence-corrected chi connectivity index (χ1v) is 8.66. The highest BCUT2D eigenvalue weighted by atomic mass is 19.1. The van der Waals surface area contributed by atoms with Crippen molar-refractivity contribution in [3.63, 3.8) is 0 Å². The third-order valence-corrected chi connectivity index (χ3v) is 3.96. The second-order valence-electron chi connectivity index (χ2n) is 6.00. The monoisotopic (exact) mass is 382 g/mol. The summed E-state index contributed by atoms with van der Waals surface area (Å²) in [5.41, 5.74) is 0.848. The van der Waals surface area contributed by atoms with Crippen LogP contribution in [0.4, 0.5) is 15.8 Å². The van der Waals surface area contributed by atoms with Crippen molar-refractivity contribution >= 4 is 23.3 Å². The highest BCUT2D eigenvalue weighted by molar-refractivity contribution is 5.99. The molecule has 1 aromatic heterocycles. The average Bonchev–Trinajstić information content (AvgIpc) is 3.22. The topological polar surface area (TPSA) is 80.6 Å². The summed E-state index contributed by atoms with van der Waals surface area (Å²) in [4.78, 5) is 24.7. The van der Waals surface area contributed by atoms with Gasteiger partial charge in [-0.15, -0.1) is 0 Å². The first kappa shape index (κ1) is 19.2. The van der Waals surface area contributed by atoms with E-state index in [9.17, 15) is 14.0 Å². The van der Waals surface area contributed by atoms with E-state index in [4.69, 9.17) is 9.15 Å². The molecule has 3 aromatic rings. The number of hydrogen-bond acceptors (Lipinski definition) is 5. The van der Waals surface area contributed by atoms with E-state index in [1.54, 1.807) is 42.7 Å². The Hall–Kier alpha value is -3.61. The minimum absolute atomic E-state index is 0.0240. The molecule has 0 aliphatic rings. The lowest BCUT2D eigenvalue weighted by atomic mass is 10.1. The van der Waals surface area contributed by atoms with Crippen molar-refractivity contribution in [2.24, 2.45) is 0 Å². The van der Waals surface area contributed by atoms with E-state index < -0.39 is 23.8 Å². The Morgan fingerprint density at radius 3 is 2.46 bits per heavy atom. The van der Waals surface area contributed by atoms with Gasteiger partial charge >= 0.3 is 5.97 Å². The van der Waals surface area contributed by atoms with Gasteiger partial charge in [-0.3, -0.25) is 4.79 Å². The number of amides is 1. The molecule has 1 heterocycles. The number of carbonyl (C=O) groups excluding carboxylic acids is 2. The van der Waals surface area contributed by atoms with Crippen LogP contribution in [0.15, 0.2) is 71.3 Å². The van der Waals surface area contributed by atoms with E-state index in [2.05, 4.69) is 10.6 Å². The molecule has 0 radical (unpaired) electrons. The molecule has 2 N–H and O–H groups in total. The van der Waals surface area contributed by atoms with Crippen LogP contribution in [0.1, 0.15) is 23.0 Å². The molecular weight excluding hydrogens is 363 g/mol. The van der Waals surface area contributed by atoms with E-state index >= 15 is 0 Å². The van der Waals surface area contributed by atoms with Crippen LogP contribution in [-0.2, 0) is 16.1 Å². The Bertz CT molecular complexity index is 957. The van der Waals surface area contributed by atoms with Gasteiger partial charge in [-0.05, 0) is 43.3 Å². The number of hydrogen-bond donors (Lipinski definition) is 2. The molecule has 144 valence electrons. The first-order valence-electron chi connectivity index (χ1n) is 8.66. The maximum absolute atomic E-state index is 13.7. The molecule has 6 nitrogen and oxygen atoms in total. The molecule has 1 amide bonds. The van der Waals surface area contributed by atoms with Crippen LogP contribution in [0.5, 0.6) is 0 Å². The number of carbonyl (C=O) groups is 2. The Morgan fingerprint density at radius 1 is 1.04 bits per heavy atom. The van der Waals surface area contributed by atoms with Crippen LogP contribution in [0, 0.1) is 5.82 Å². The molecule has 0 saturated carbocycles. The fourth-order valence-corrected chi connectivity index (χ4v) is 2.49. The fourth-order valence-electron chi connectivity index (χ4n) is 2.49. The maximum atomic E-state index is 13.7. The molecular formula is C21H19FN2O4. The van der Waals surface area contributed by atoms with Crippen molar-refractivity contribution in [2.75, 3.05) is 10.6 Å². The second-order valence-corrected chi connectivity index (χ2v) is 6.00. The summed E-state index contributed by atoms with van der Waals surface area (Å²) in [6.45, 7) is 1.81. The van der Waals surface area contributed by atoms with Crippen LogP contribution in [-0.4, -0.2) is 18.0 Å². The molecule has 1 atom stereocenters. The smallest absolute Gasteiger partial charge is 0.341 e. The van der Waals surface area contributed by atoms with Crippen LogP contribution < -0.4 is 10.6 Å². The Labute approximate surface area is 161 Å². The van der Waals surface area contributed by atoms with Gasteiger partial charge in [-0.25, -0.2) is 9.18 Å². The van der Waals surface area contributed by atoms with Crippen molar-refractivity contribution in [3.05, 3.63) is 84.1 Å². The van der Waals surface area contributed by atoms with Crippen molar-refractivity contribution < 1.29 is 23.1 Å². The number of ether oxygens (including phenoxy) is 1. The number of esters is 1. The lowest BCUT2D eigenvalue weighted by molar-refractivity contribution is -0.123. The molecule has 0 unspecified atom stereocenters. The first-order chi connectivity index (χ1) is 13.5. The normalized spacial score (nSPS) is 11.5. The van der Waals surface area contributed by atoms with Gasteiger partial charge in [0.25, 0.3) is 5.91 Å². The third kappa shape index (κ3) is 4.76. The lowest BCUT2D eigenvalue weighted by Gasteiger charge is -2.15. The molecule has 0 spiro atoms. The summed E-state index contributed by atoms with van der Waals surface area (Å²) in [6, 6.07) is 16.1. The predicted octanol–water partition coefficient (Wildman–Crippen LogP) is 4.21. The number of benzene rings is 2. The van der Waals surface area contributed by atoms with Crippen molar-refractivity contribution in [1.82, 2.24) is 0 Å². The van der Waals surface area contributed by atoms with Crippen LogP contribution in [0.2, 0.25) is 0 Å². The maximum Gasteiger partial charge on any atom is 0.341 e. The number of para-hydroxylation sites is 2. The summed E-state index contributed by atoms with van der Waals surface area (Å²) < 4.78 is 24.2. The predicted molar refractivity (Wildman–Crippen MR) is 102 cm³/mol. The average molecular weight is 382 g/mol. The Morgan fingerprint density at radius 2 is 1.75 bits per heavy atom. The SMILES string of the molecule is C[C@@H](OC(=O)c1ccccc1NCc1ccco1)C(=O)Nc1ccccc1F.